The Kier molecular flexibility index (Phi) is 10.4. The van der Waals surface area contributed by atoms with E-state index in [1.165, 1.54) is 0 Å². The fourth-order valence-corrected chi connectivity index (χ4v) is 0.712. The second-order valence-electron chi connectivity index (χ2n) is 2.43. The van der Waals surface area contributed by atoms with Crippen LogP contribution < -0.4 is 11.1 Å². The number of carboxylic acid groups (broad SMARTS) is 1. The van der Waals surface area contributed by atoms with E-state index in [0.29, 0.717) is 0 Å². The highest BCUT2D eigenvalue weighted by atomic mass is 31.2. The van der Waals surface area contributed by atoms with Crippen LogP contribution in [-0.4, -0.2) is 40.2 Å². The van der Waals surface area contributed by atoms with Gasteiger partial charge in [0.05, 0.1) is 12.8 Å². The lowest BCUT2D eigenvalue weighted by atomic mass is 10.5. The maximum Gasteiger partial charge on any atom is 0.339 e. The molecule has 0 heterocycles. The highest BCUT2D eigenvalue weighted by Crippen LogP contribution is 2.31. The minimum Gasteiger partial charge on any atom is -0.480 e. The Labute approximate surface area is 82.5 Å². The van der Waals surface area contributed by atoms with Crippen molar-refractivity contribution < 1.29 is 24.3 Å². The topological polar surface area (TPSA) is 133 Å². The van der Waals surface area contributed by atoms with E-state index in [0.717, 1.165) is 13.0 Å². The molecule has 6 N–H and O–H groups in total. The van der Waals surface area contributed by atoms with Gasteiger partial charge >= 0.3 is 13.6 Å². The van der Waals surface area contributed by atoms with Crippen LogP contribution >= 0.6 is 7.60 Å². The molecule has 0 radical (unpaired) electrons. The minimum absolute atomic E-state index is 0.439. The minimum atomic E-state index is -4.10. The lowest BCUT2D eigenvalue weighted by molar-refractivity contribution is -0.135. The summed E-state index contributed by atoms with van der Waals surface area (Å²) in [6, 6.07) is 0. The fraction of sp³-hybridized carbons (Fsp3) is 0.833. The van der Waals surface area contributed by atoms with Gasteiger partial charge in [0.25, 0.3) is 0 Å². The first kappa shape index (κ1) is 16.0. The van der Waals surface area contributed by atoms with Crippen molar-refractivity contribution in [2.24, 2.45) is 5.73 Å². The summed E-state index contributed by atoms with van der Waals surface area (Å²) in [7, 11) is -4.10. The van der Waals surface area contributed by atoms with Crippen LogP contribution in [0.15, 0.2) is 0 Å². The Hall–Kier alpha value is -0.460. The maximum atomic E-state index is 10.1. The average Bonchev–Trinajstić information content (AvgIpc) is 2.02. The third-order valence-electron chi connectivity index (χ3n) is 0.883. The zero-order valence-electron chi connectivity index (χ0n) is 8.01. The zero-order valence-corrected chi connectivity index (χ0v) is 8.91. The van der Waals surface area contributed by atoms with E-state index >= 15 is 0 Å². The third-order valence-corrected chi connectivity index (χ3v) is 1.52. The first-order valence-corrected chi connectivity index (χ1v) is 5.80. The van der Waals surface area contributed by atoms with Crippen LogP contribution in [-0.2, 0) is 9.36 Å². The number of rotatable bonds is 5. The van der Waals surface area contributed by atoms with Gasteiger partial charge in [0.2, 0.25) is 0 Å². The molecule has 0 bridgehead atoms. The molecule has 0 atom stereocenters. The van der Waals surface area contributed by atoms with Crippen LogP contribution in [0.5, 0.6) is 0 Å². The van der Waals surface area contributed by atoms with Crippen LogP contribution in [0.3, 0.4) is 0 Å². The molecule has 0 rings (SSSR count). The van der Waals surface area contributed by atoms with Gasteiger partial charge < -0.3 is 20.6 Å². The molecule has 0 aromatic rings. The van der Waals surface area contributed by atoms with Gasteiger partial charge in [-0.25, -0.2) is 0 Å². The van der Waals surface area contributed by atoms with E-state index < -0.39 is 26.4 Å². The first-order chi connectivity index (χ1) is 6.33. The largest absolute Gasteiger partial charge is 0.480 e. The molecule has 0 aliphatic heterocycles. The molecule has 7 nitrogen and oxygen atoms in total. The number of aliphatic carboxylic acids is 1. The van der Waals surface area contributed by atoms with Crippen molar-refractivity contribution in [2.45, 2.75) is 13.3 Å². The highest BCUT2D eigenvalue weighted by molar-refractivity contribution is 7.51. The second-order valence-corrected chi connectivity index (χ2v) is 4.08. The molecule has 14 heavy (non-hydrogen) atoms. The molecular weight excluding hydrogens is 211 g/mol. The molecule has 0 aromatic heterocycles. The predicted molar refractivity (Wildman–Crippen MR) is 51.9 cm³/mol. The molecule has 0 amide bonds. The maximum absolute atomic E-state index is 10.1. The highest BCUT2D eigenvalue weighted by Gasteiger charge is 2.11. The molecule has 86 valence electrons. The normalized spacial score (nSPS) is 10.3. The monoisotopic (exact) mass is 228 g/mol. The molecule has 0 saturated heterocycles. The van der Waals surface area contributed by atoms with Gasteiger partial charge in [-0.1, -0.05) is 6.92 Å². The van der Waals surface area contributed by atoms with Crippen LogP contribution in [0.25, 0.3) is 0 Å². The van der Waals surface area contributed by atoms with Gasteiger partial charge in [-0.3, -0.25) is 14.7 Å². The van der Waals surface area contributed by atoms with Crippen LogP contribution in [0.4, 0.5) is 0 Å². The molecule has 0 aromatic carbocycles. The summed E-state index contributed by atoms with van der Waals surface area (Å²) in [5, 5.41) is 10.1. The smallest absolute Gasteiger partial charge is 0.339 e. The van der Waals surface area contributed by atoms with E-state index in [2.05, 4.69) is 12.2 Å². The SMILES string of the molecule is CCCN.O=C(O)CNCP(=O)(O)O. The second kappa shape index (κ2) is 9.11. The molecule has 0 aliphatic carbocycles. The summed E-state index contributed by atoms with van der Waals surface area (Å²) >= 11 is 0. The standard InChI is InChI=1S/C3H8NO5P.C3H9N/c5-3(6)1-4-2-10(7,8)9;1-2-3-4/h4H,1-2H2,(H,5,6)(H2,7,8,9);2-4H2,1H3. The Morgan fingerprint density at radius 2 is 1.93 bits per heavy atom. The van der Waals surface area contributed by atoms with Gasteiger partial charge in [-0.2, -0.15) is 0 Å². The Bertz CT molecular complexity index is 191. The summed E-state index contributed by atoms with van der Waals surface area (Å²) in [6.45, 7) is 2.44. The number of carbonyl (C=O) groups is 1. The Morgan fingerprint density at radius 1 is 1.50 bits per heavy atom. The van der Waals surface area contributed by atoms with Gasteiger partial charge in [-0.15, -0.1) is 0 Å². The fourth-order valence-electron chi connectivity index (χ4n) is 0.308. The van der Waals surface area contributed by atoms with Gasteiger partial charge in [-0.05, 0) is 13.0 Å². The van der Waals surface area contributed by atoms with E-state index in [1.54, 1.807) is 0 Å². The zero-order chi connectivity index (χ0) is 11.6. The van der Waals surface area contributed by atoms with Crippen molar-refractivity contribution in [3.63, 3.8) is 0 Å². The summed E-state index contributed by atoms with van der Waals surface area (Å²) in [4.78, 5) is 26.1. The molecular formula is C6H17N2O5P. The summed E-state index contributed by atoms with van der Waals surface area (Å²) in [5.74, 6) is -1.14. The average molecular weight is 228 g/mol. The van der Waals surface area contributed by atoms with Crippen LogP contribution in [0.1, 0.15) is 13.3 Å². The van der Waals surface area contributed by atoms with E-state index in [-0.39, 0.29) is 0 Å². The third kappa shape index (κ3) is 22.5. The molecule has 0 unspecified atom stereocenters. The molecule has 0 aliphatic rings. The number of nitrogens with one attached hydrogen (secondary N) is 1. The van der Waals surface area contributed by atoms with Crippen molar-refractivity contribution >= 4 is 13.6 Å². The molecule has 0 saturated carbocycles. The van der Waals surface area contributed by atoms with E-state index in [4.69, 9.17) is 20.6 Å². The van der Waals surface area contributed by atoms with Crippen molar-refractivity contribution in [1.82, 2.24) is 5.32 Å². The predicted octanol–water partition coefficient (Wildman–Crippen LogP) is -0.849. The summed E-state index contributed by atoms with van der Waals surface area (Å²) < 4.78 is 10.1. The lowest BCUT2D eigenvalue weighted by Gasteiger charge is -2.02. The van der Waals surface area contributed by atoms with Crippen molar-refractivity contribution in [1.29, 1.82) is 0 Å². The van der Waals surface area contributed by atoms with E-state index in [9.17, 15) is 9.36 Å². The number of hydrogen-bond donors (Lipinski definition) is 5. The molecule has 0 spiro atoms. The lowest BCUT2D eigenvalue weighted by Crippen LogP contribution is -2.23. The van der Waals surface area contributed by atoms with Crippen LogP contribution in [0, 0.1) is 0 Å². The number of carboxylic acids is 1. The Morgan fingerprint density at radius 3 is 2.14 bits per heavy atom. The quantitative estimate of drug-likeness (QED) is 0.387. The summed E-state index contributed by atoms with van der Waals surface area (Å²) in [6.07, 6.45) is 0.499. The van der Waals surface area contributed by atoms with Gasteiger partial charge in [0.1, 0.15) is 0 Å². The van der Waals surface area contributed by atoms with Crippen LogP contribution in [0.2, 0.25) is 0 Å². The number of nitrogens with two attached hydrogens (primary N) is 1. The van der Waals surface area contributed by atoms with Crippen molar-refractivity contribution in [3.05, 3.63) is 0 Å². The molecule has 8 heteroatoms. The van der Waals surface area contributed by atoms with Crippen molar-refractivity contribution in [3.8, 4) is 0 Å². The van der Waals surface area contributed by atoms with E-state index in [1.807, 2.05) is 0 Å². The van der Waals surface area contributed by atoms with Crippen molar-refractivity contribution in [2.75, 3.05) is 19.4 Å². The first-order valence-electron chi connectivity index (χ1n) is 4.00. The summed E-state index contributed by atoms with van der Waals surface area (Å²) in [5.41, 5.74) is 5.03. The Balaban J connectivity index is 0. The number of hydrogen-bond acceptors (Lipinski definition) is 4. The van der Waals surface area contributed by atoms with Gasteiger partial charge in [0, 0.05) is 0 Å². The molecule has 0 fully saturated rings. The van der Waals surface area contributed by atoms with Gasteiger partial charge in [0.15, 0.2) is 0 Å².